The van der Waals surface area contributed by atoms with E-state index in [1.807, 2.05) is 12.1 Å². The standard InChI is InChI=1S/C18H26ClN/c1-13-5-3-2-4-6-17(13)20-18(14-7-8-14)15-9-11-16(19)12-10-15/h9-14,17-18,20H,2-8H2,1H3. The second-order valence-electron chi connectivity index (χ2n) is 6.76. The summed E-state index contributed by atoms with van der Waals surface area (Å²) in [5.41, 5.74) is 1.42. The van der Waals surface area contributed by atoms with E-state index in [2.05, 4.69) is 24.4 Å². The number of hydrogen-bond donors (Lipinski definition) is 1. The summed E-state index contributed by atoms with van der Waals surface area (Å²) in [6.07, 6.45) is 9.70. The molecule has 1 N–H and O–H groups in total. The Kier molecular flexibility index (Phi) is 4.68. The van der Waals surface area contributed by atoms with Crippen molar-refractivity contribution in [2.45, 2.75) is 64.0 Å². The summed E-state index contributed by atoms with van der Waals surface area (Å²) in [6.45, 7) is 2.43. The summed E-state index contributed by atoms with van der Waals surface area (Å²) in [4.78, 5) is 0. The van der Waals surface area contributed by atoms with E-state index >= 15 is 0 Å². The zero-order valence-electron chi connectivity index (χ0n) is 12.4. The van der Waals surface area contributed by atoms with Crippen LogP contribution in [0.2, 0.25) is 5.02 Å². The van der Waals surface area contributed by atoms with E-state index in [9.17, 15) is 0 Å². The van der Waals surface area contributed by atoms with Crippen LogP contribution in [-0.4, -0.2) is 6.04 Å². The highest BCUT2D eigenvalue weighted by atomic mass is 35.5. The van der Waals surface area contributed by atoms with Crippen LogP contribution in [0.15, 0.2) is 24.3 Å². The van der Waals surface area contributed by atoms with E-state index in [-0.39, 0.29) is 0 Å². The molecule has 2 fully saturated rings. The minimum absolute atomic E-state index is 0.540. The highest BCUT2D eigenvalue weighted by Crippen LogP contribution is 2.42. The molecule has 2 heteroatoms. The van der Waals surface area contributed by atoms with E-state index in [1.54, 1.807) is 0 Å². The van der Waals surface area contributed by atoms with Crippen LogP contribution in [0.25, 0.3) is 0 Å². The molecule has 2 aliphatic carbocycles. The van der Waals surface area contributed by atoms with Gasteiger partial charge in [-0.25, -0.2) is 0 Å². The molecule has 0 radical (unpaired) electrons. The molecule has 1 nitrogen and oxygen atoms in total. The van der Waals surface area contributed by atoms with Gasteiger partial charge in [-0.1, -0.05) is 49.9 Å². The maximum absolute atomic E-state index is 6.03. The Morgan fingerprint density at radius 3 is 2.40 bits per heavy atom. The Morgan fingerprint density at radius 1 is 1.00 bits per heavy atom. The Labute approximate surface area is 128 Å². The summed E-state index contributed by atoms with van der Waals surface area (Å²) < 4.78 is 0. The summed E-state index contributed by atoms with van der Waals surface area (Å²) in [7, 11) is 0. The molecule has 3 unspecified atom stereocenters. The fraction of sp³-hybridized carbons (Fsp3) is 0.667. The second-order valence-corrected chi connectivity index (χ2v) is 7.19. The van der Waals surface area contributed by atoms with Crippen molar-refractivity contribution in [3.63, 3.8) is 0 Å². The van der Waals surface area contributed by atoms with E-state index < -0.39 is 0 Å². The Balaban J connectivity index is 1.72. The van der Waals surface area contributed by atoms with Crippen LogP contribution in [0, 0.1) is 11.8 Å². The third-order valence-corrected chi connectivity index (χ3v) is 5.33. The zero-order chi connectivity index (χ0) is 13.9. The molecule has 3 rings (SSSR count). The quantitative estimate of drug-likeness (QED) is 0.737. The molecule has 2 aliphatic rings. The first kappa shape index (κ1) is 14.4. The molecule has 2 saturated carbocycles. The van der Waals surface area contributed by atoms with Gasteiger partial charge in [0.25, 0.3) is 0 Å². The van der Waals surface area contributed by atoms with Crippen molar-refractivity contribution in [2.24, 2.45) is 11.8 Å². The lowest BCUT2D eigenvalue weighted by atomic mass is 9.93. The molecule has 0 saturated heterocycles. The maximum atomic E-state index is 6.03. The highest BCUT2D eigenvalue weighted by Gasteiger charge is 2.34. The van der Waals surface area contributed by atoms with E-state index in [1.165, 1.54) is 50.5 Å². The topological polar surface area (TPSA) is 12.0 Å². The van der Waals surface area contributed by atoms with E-state index in [4.69, 9.17) is 11.6 Å². The number of rotatable bonds is 4. The molecular formula is C18H26ClN. The summed E-state index contributed by atoms with van der Waals surface area (Å²) in [5, 5.41) is 4.84. The van der Waals surface area contributed by atoms with Gasteiger partial charge in [-0.2, -0.15) is 0 Å². The van der Waals surface area contributed by atoms with Crippen molar-refractivity contribution >= 4 is 11.6 Å². The normalized spacial score (nSPS) is 28.9. The lowest BCUT2D eigenvalue weighted by Gasteiger charge is -2.29. The van der Waals surface area contributed by atoms with Gasteiger partial charge in [-0.3, -0.25) is 0 Å². The van der Waals surface area contributed by atoms with Crippen LogP contribution < -0.4 is 5.32 Å². The average molecular weight is 292 g/mol. The first-order valence-electron chi connectivity index (χ1n) is 8.25. The second kappa shape index (κ2) is 6.49. The smallest absolute Gasteiger partial charge is 0.0406 e. The molecule has 20 heavy (non-hydrogen) atoms. The first-order valence-corrected chi connectivity index (χ1v) is 8.63. The molecule has 0 aromatic heterocycles. The highest BCUT2D eigenvalue weighted by molar-refractivity contribution is 6.30. The number of nitrogens with one attached hydrogen (secondary N) is 1. The molecule has 0 amide bonds. The van der Waals surface area contributed by atoms with Crippen molar-refractivity contribution in [3.05, 3.63) is 34.9 Å². The summed E-state index contributed by atoms with van der Waals surface area (Å²) >= 11 is 6.03. The Bertz CT molecular complexity index is 424. The maximum Gasteiger partial charge on any atom is 0.0406 e. The molecule has 110 valence electrons. The summed E-state index contributed by atoms with van der Waals surface area (Å²) in [6, 6.07) is 9.71. The molecule has 0 heterocycles. The van der Waals surface area contributed by atoms with Gasteiger partial charge >= 0.3 is 0 Å². The third-order valence-electron chi connectivity index (χ3n) is 5.08. The monoisotopic (exact) mass is 291 g/mol. The summed E-state index contributed by atoms with van der Waals surface area (Å²) in [5.74, 6) is 1.65. The minimum atomic E-state index is 0.540. The van der Waals surface area contributed by atoms with Gasteiger partial charge < -0.3 is 5.32 Å². The lowest BCUT2D eigenvalue weighted by Crippen LogP contribution is -2.38. The fourth-order valence-corrected chi connectivity index (χ4v) is 3.70. The van der Waals surface area contributed by atoms with Crippen LogP contribution in [0.5, 0.6) is 0 Å². The molecular weight excluding hydrogens is 266 g/mol. The molecule has 0 aliphatic heterocycles. The molecule has 1 aromatic carbocycles. The predicted octanol–water partition coefficient (Wildman–Crippen LogP) is 5.35. The largest absolute Gasteiger partial charge is 0.307 e. The van der Waals surface area contributed by atoms with Crippen molar-refractivity contribution in [1.82, 2.24) is 5.32 Å². The van der Waals surface area contributed by atoms with Crippen molar-refractivity contribution in [2.75, 3.05) is 0 Å². The predicted molar refractivity (Wildman–Crippen MR) is 86.1 cm³/mol. The zero-order valence-corrected chi connectivity index (χ0v) is 13.2. The number of hydrogen-bond acceptors (Lipinski definition) is 1. The van der Waals surface area contributed by atoms with Gasteiger partial charge in [0.2, 0.25) is 0 Å². The van der Waals surface area contributed by atoms with Gasteiger partial charge in [-0.05, 0) is 55.2 Å². The van der Waals surface area contributed by atoms with Crippen LogP contribution in [0.4, 0.5) is 0 Å². The van der Waals surface area contributed by atoms with Crippen LogP contribution in [-0.2, 0) is 0 Å². The molecule has 1 aromatic rings. The fourth-order valence-electron chi connectivity index (χ4n) is 3.58. The van der Waals surface area contributed by atoms with Crippen LogP contribution >= 0.6 is 11.6 Å². The van der Waals surface area contributed by atoms with Crippen molar-refractivity contribution < 1.29 is 0 Å². The molecule has 3 atom stereocenters. The van der Waals surface area contributed by atoms with Gasteiger partial charge in [0.05, 0.1) is 0 Å². The SMILES string of the molecule is CC1CCCCCC1NC(c1ccc(Cl)cc1)C1CC1. The minimum Gasteiger partial charge on any atom is -0.307 e. The number of halogens is 1. The van der Waals surface area contributed by atoms with Gasteiger partial charge in [0.1, 0.15) is 0 Å². The first-order chi connectivity index (χ1) is 9.74. The van der Waals surface area contributed by atoms with Gasteiger partial charge in [0.15, 0.2) is 0 Å². The lowest BCUT2D eigenvalue weighted by molar-refractivity contribution is 0.307. The van der Waals surface area contributed by atoms with Crippen molar-refractivity contribution in [1.29, 1.82) is 0 Å². The van der Waals surface area contributed by atoms with Gasteiger partial charge in [0, 0.05) is 17.1 Å². The third kappa shape index (κ3) is 3.56. The average Bonchev–Trinajstić information content (AvgIpc) is 3.27. The number of benzene rings is 1. The molecule has 0 bridgehead atoms. The Hall–Kier alpha value is -0.530. The van der Waals surface area contributed by atoms with E-state index in [0.717, 1.165) is 16.9 Å². The van der Waals surface area contributed by atoms with Crippen LogP contribution in [0.3, 0.4) is 0 Å². The van der Waals surface area contributed by atoms with E-state index in [0.29, 0.717) is 12.1 Å². The van der Waals surface area contributed by atoms with Gasteiger partial charge in [-0.15, -0.1) is 0 Å². The van der Waals surface area contributed by atoms with Crippen LogP contribution in [0.1, 0.15) is 63.5 Å². The molecule has 0 spiro atoms. The van der Waals surface area contributed by atoms with Crippen molar-refractivity contribution in [3.8, 4) is 0 Å². The Morgan fingerprint density at radius 2 is 1.70 bits per heavy atom.